The summed E-state index contributed by atoms with van der Waals surface area (Å²) in [5.41, 5.74) is 0.664. The molecule has 0 radical (unpaired) electrons. The summed E-state index contributed by atoms with van der Waals surface area (Å²) in [4.78, 5) is 11.8. The average Bonchev–Trinajstić information content (AvgIpc) is 3.15. The number of hydrogen-bond acceptors (Lipinski definition) is 7. The average molecular weight is 415 g/mol. The number of nitrogens with zero attached hydrogens (tertiary/aromatic N) is 2. The third kappa shape index (κ3) is 5.20. The molecule has 29 heavy (non-hydrogen) atoms. The number of aryl methyl sites for hydroxylation is 1. The summed E-state index contributed by atoms with van der Waals surface area (Å²) in [6.07, 6.45) is 1.19. The number of nitrogens with one attached hydrogen (secondary N) is 1. The molecule has 0 aliphatic rings. The van der Waals surface area contributed by atoms with Crippen molar-refractivity contribution < 1.29 is 22.5 Å². The van der Waals surface area contributed by atoms with Crippen molar-refractivity contribution in [1.82, 2.24) is 4.83 Å². The summed E-state index contributed by atoms with van der Waals surface area (Å²) in [6, 6.07) is 15.5. The third-order valence-corrected chi connectivity index (χ3v) is 5.07. The van der Waals surface area contributed by atoms with Crippen LogP contribution in [0.5, 0.6) is 5.75 Å². The van der Waals surface area contributed by atoms with Crippen molar-refractivity contribution in [2.45, 2.75) is 18.4 Å². The first-order valence-corrected chi connectivity index (χ1v) is 9.90. The Hall–Kier alpha value is -3.66. The largest absolute Gasteiger partial charge is 0.485 e. The highest BCUT2D eigenvalue weighted by atomic mass is 32.2. The summed E-state index contributed by atoms with van der Waals surface area (Å²) in [7, 11) is -4.05. The maximum Gasteiger partial charge on any atom is 0.276 e. The quantitative estimate of drug-likeness (QED) is 0.342. The number of para-hydroxylation sites is 1. The van der Waals surface area contributed by atoms with Gasteiger partial charge < -0.3 is 9.15 Å². The smallest absolute Gasteiger partial charge is 0.276 e. The van der Waals surface area contributed by atoms with E-state index in [1.807, 2.05) is 36.0 Å². The van der Waals surface area contributed by atoms with Crippen molar-refractivity contribution in [2.75, 3.05) is 0 Å². The number of hydrogen-bond donors (Lipinski definition) is 1. The molecule has 10 heteroatoms. The van der Waals surface area contributed by atoms with Gasteiger partial charge in [0.25, 0.3) is 15.7 Å². The van der Waals surface area contributed by atoms with Gasteiger partial charge in [0.15, 0.2) is 0 Å². The predicted molar refractivity (Wildman–Crippen MR) is 105 cm³/mol. The summed E-state index contributed by atoms with van der Waals surface area (Å²) in [6.45, 7) is 2.14. The number of rotatable bonds is 8. The molecular weight excluding hydrogens is 398 g/mol. The minimum absolute atomic E-state index is 0.206. The number of non-ortho nitro benzene ring substituents is 1. The Labute approximate surface area is 166 Å². The SMILES string of the molecule is Cc1ccccc1OCc1ccc(/C=N/NS(=O)(=O)c2cccc([N+](=O)[O-])c2)o1. The zero-order valence-corrected chi connectivity index (χ0v) is 16.1. The maximum atomic E-state index is 12.2. The number of hydrazone groups is 1. The fourth-order valence-corrected chi connectivity index (χ4v) is 3.22. The molecule has 0 saturated carbocycles. The molecular formula is C19H17N3O6S. The summed E-state index contributed by atoms with van der Waals surface area (Å²) >= 11 is 0. The molecule has 3 rings (SSSR count). The van der Waals surface area contributed by atoms with E-state index >= 15 is 0 Å². The normalized spacial score (nSPS) is 11.5. The van der Waals surface area contributed by atoms with Crippen molar-refractivity contribution in [1.29, 1.82) is 0 Å². The van der Waals surface area contributed by atoms with Gasteiger partial charge in [0, 0.05) is 12.1 Å². The van der Waals surface area contributed by atoms with Crippen LogP contribution in [0.3, 0.4) is 0 Å². The van der Waals surface area contributed by atoms with E-state index < -0.39 is 14.9 Å². The van der Waals surface area contributed by atoms with Crippen molar-refractivity contribution in [2.24, 2.45) is 5.10 Å². The van der Waals surface area contributed by atoms with Crippen molar-refractivity contribution in [3.63, 3.8) is 0 Å². The topological polar surface area (TPSA) is 124 Å². The number of benzene rings is 2. The van der Waals surface area contributed by atoms with Gasteiger partial charge in [-0.2, -0.15) is 18.4 Å². The molecule has 1 heterocycles. The first kappa shape index (κ1) is 20.1. The lowest BCUT2D eigenvalue weighted by molar-refractivity contribution is -0.385. The Bertz CT molecular complexity index is 1150. The molecule has 0 saturated heterocycles. The minimum atomic E-state index is -4.05. The second-order valence-electron chi connectivity index (χ2n) is 5.97. The molecule has 1 aromatic heterocycles. The Morgan fingerprint density at radius 3 is 2.72 bits per heavy atom. The van der Waals surface area contributed by atoms with Crippen LogP contribution in [-0.2, 0) is 16.6 Å². The fourth-order valence-electron chi connectivity index (χ4n) is 2.39. The van der Waals surface area contributed by atoms with E-state index in [1.54, 1.807) is 12.1 Å². The highest BCUT2D eigenvalue weighted by Crippen LogP contribution is 2.19. The van der Waals surface area contributed by atoms with Crippen molar-refractivity contribution in [3.8, 4) is 5.75 Å². The predicted octanol–water partition coefficient (Wildman–Crippen LogP) is 3.39. The molecule has 0 spiro atoms. The Morgan fingerprint density at radius 1 is 1.17 bits per heavy atom. The van der Waals surface area contributed by atoms with E-state index in [2.05, 4.69) is 5.10 Å². The highest BCUT2D eigenvalue weighted by molar-refractivity contribution is 7.89. The maximum absolute atomic E-state index is 12.2. The molecule has 0 atom stereocenters. The van der Waals surface area contributed by atoms with E-state index in [9.17, 15) is 18.5 Å². The lowest BCUT2D eigenvalue weighted by atomic mass is 10.2. The number of ether oxygens (including phenoxy) is 1. The first-order valence-electron chi connectivity index (χ1n) is 8.41. The van der Waals surface area contributed by atoms with E-state index in [-0.39, 0.29) is 17.2 Å². The number of furan rings is 1. The van der Waals surface area contributed by atoms with Gasteiger partial charge in [0.05, 0.1) is 16.0 Å². The zero-order chi connectivity index (χ0) is 20.9. The van der Waals surface area contributed by atoms with Crippen LogP contribution >= 0.6 is 0 Å². The lowest BCUT2D eigenvalue weighted by Crippen LogP contribution is -2.18. The van der Waals surface area contributed by atoms with Crippen LogP contribution in [0, 0.1) is 17.0 Å². The molecule has 0 amide bonds. The van der Waals surface area contributed by atoms with Crippen LogP contribution in [0.4, 0.5) is 5.69 Å². The zero-order valence-electron chi connectivity index (χ0n) is 15.3. The fraction of sp³-hybridized carbons (Fsp3) is 0.105. The van der Waals surface area contributed by atoms with Gasteiger partial charge in [0.1, 0.15) is 23.9 Å². The van der Waals surface area contributed by atoms with Gasteiger partial charge in [-0.3, -0.25) is 10.1 Å². The highest BCUT2D eigenvalue weighted by Gasteiger charge is 2.16. The van der Waals surface area contributed by atoms with Gasteiger partial charge >= 0.3 is 0 Å². The standard InChI is InChI=1S/C19H17N3O6S/c1-14-5-2-3-8-19(14)27-13-17-10-9-16(28-17)12-20-21-29(25,26)18-7-4-6-15(11-18)22(23)24/h2-12,21H,13H2,1H3/b20-12+. The molecule has 0 bridgehead atoms. The van der Waals surface area contributed by atoms with E-state index in [0.717, 1.165) is 17.4 Å². The Morgan fingerprint density at radius 2 is 1.97 bits per heavy atom. The van der Waals surface area contributed by atoms with Gasteiger partial charge in [-0.25, -0.2) is 0 Å². The van der Waals surface area contributed by atoms with E-state index in [0.29, 0.717) is 11.5 Å². The van der Waals surface area contributed by atoms with E-state index in [4.69, 9.17) is 9.15 Å². The van der Waals surface area contributed by atoms with Crippen LogP contribution in [-0.4, -0.2) is 19.6 Å². The first-order chi connectivity index (χ1) is 13.8. The Balaban J connectivity index is 1.61. The molecule has 9 nitrogen and oxygen atoms in total. The Kier molecular flexibility index (Phi) is 5.93. The third-order valence-electron chi connectivity index (χ3n) is 3.85. The second-order valence-corrected chi connectivity index (χ2v) is 7.63. The van der Waals surface area contributed by atoms with Gasteiger partial charge in [-0.1, -0.05) is 24.3 Å². The number of nitro groups is 1. The molecule has 3 aromatic rings. The monoisotopic (exact) mass is 415 g/mol. The molecule has 2 aromatic carbocycles. The van der Waals surface area contributed by atoms with E-state index in [1.165, 1.54) is 24.4 Å². The summed E-state index contributed by atoms with van der Waals surface area (Å²) in [5, 5.41) is 14.4. The van der Waals surface area contributed by atoms with Crippen LogP contribution in [0.15, 0.2) is 75.1 Å². The molecule has 0 aliphatic heterocycles. The van der Waals surface area contributed by atoms with Crippen molar-refractivity contribution in [3.05, 3.63) is 87.9 Å². The lowest BCUT2D eigenvalue weighted by Gasteiger charge is -2.06. The van der Waals surface area contributed by atoms with Crippen molar-refractivity contribution >= 4 is 21.9 Å². The molecule has 0 unspecified atom stereocenters. The minimum Gasteiger partial charge on any atom is -0.485 e. The van der Waals surface area contributed by atoms with Crippen LogP contribution in [0.1, 0.15) is 17.1 Å². The summed E-state index contributed by atoms with van der Waals surface area (Å²) in [5.74, 6) is 1.59. The molecule has 0 aliphatic carbocycles. The molecule has 0 fully saturated rings. The number of nitro benzene ring substituents is 1. The summed E-state index contributed by atoms with van der Waals surface area (Å²) < 4.78 is 35.6. The van der Waals surface area contributed by atoms with Gasteiger partial charge in [-0.05, 0) is 36.8 Å². The molecule has 1 N–H and O–H groups in total. The second kappa shape index (κ2) is 8.57. The molecule has 150 valence electrons. The van der Waals surface area contributed by atoms with Gasteiger partial charge in [-0.15, -0.1) is 0 Å². The number of sulfonamides is 1. The van der Waals surface area contributed by atoms with Crippen LogP contribution < -0.4 is 9.57 Å². The van der Waals surface area contributed by atoms with Crippen LogP contribution in [0.2, 0.25) is 0 Å². The van der Waals surface area contributed by atoms with Gasteiger partial charge in [0.2, 0.25) is 0 Å². The van der Waals surface area contributed by atoms with Crippen LogP contribution in [0.25, 0.3) is 0 Å².